The predicted molar refractivity (Wildman–Crippen MR) is 71.5 cm³/mol. The lowest BCUT2D eigenvalue weighted by atomic mass is 9.83. The largest absolute Gasteiger partial charge is 0.324 e. The van der Waals surface area contributed by atoms with Crippen LogP contribution >= 0.6 is 0 Å². The number of nitrogens with one attached hydrogen (secondary N) is 1. The molecule has 1 aliphatic rings. The molecule has 0 aromatic heterocycles. The van der Waals surface area contributed by atoms with Gasteiger partial charge in [0.2, 0.25) is 10.0 Å². The van der Waals surface area contributed by atoms with Gasteiger partial charge in [-0.25, -0.2) is 21.6 Å². The Kier molecular flexibility index (Phi) is 5.16. The molecule has 0 atom stereocenters. The van der Waals surface area contributed by atoms with Gasteiger partial charge in [-0.15, -0.1) is 0 Å². The van der Waals surface area contributed by atoms with Crippen molar-refractivity contribution in [3.8, 4) is 0 Å². The number of hydrogen-bond donors (Lipinski definition) is 2. The average molecular weight is 298 g/mol. The zero-order valence-corrected chi connectivity index (χ0v) is 12.3. The van der Waals surface area contributed by atoms with Crippen LogP contribution in [0.15, 0.2) is 0 Å². The van der Waals surface area contributed by atoms with Crippen LogP contribution in [0, 0.1) is 0 Å². The molecule has 108 valence electrons. The molecule has 3 N–H and O–H groups in total. The summed E-state index contributed by atoms with van der Waals surface area (Å²) < 4.78 is 47.5. The van der Waals surface area contributed by atoms with Crippen molar-refractivity contribution in [1.82, 2.24) is 4.72 Å². The van der Waals surface area contributed by atoms with Crippen molar-refractivity contribution in [2.24, 2.45) is 5.73 Å². The zero-order valence-electron chi connectivity index (χ0n) is 10.7. The van der Waals surface area contributed by atoms with Gasteiger partial charge >= 0.3 is 0 Å². The lowest BCUT2D eigenvalue weighted by molar-refractivity contribution is 0.296. The van der Waals surface area contributed by atoms with Crippen LogP contribution in [0.2, 0.25) is 0 Å². The molecule has 0 aromatic rings. The molecule has 0 heterocycles. The fourth-order valence-corrected chi connectivity index (χ4v) is 4.76. The van der Waals surface area contributed by atoms with E-state index in [1.54, 1.807) is 0 Å². The van der Waals surface area contributed by atoms with Gasteiger partial charge in [-0.3, -0.25) is 0 Å². The molecule has 1 rings (SSSR count). The number of sulfone groups is 1. The minimum absolute atomic E-state index is 0.194. The first-order chi connectivity index (χ1) is 8.12. The van der Waals surface area contributed by atoms with E-state index in [1.165, 1.54) is 0 Å². The quantitative estimate of drug-likeness (QED) is 0.694. The molecule has 0 aliphatic heterocycles. The highest BCUT2D eigenvalue weighted by Gasteiger charge is 2.29. The molecule has 0 radical (unpaired) electrons. The molecule has 1 fully saturated rings. The normalized spacial score (nSPS) is 20.8. The molecule has 1 aliphatic carbocycles. The van der Waals surface area contributed by atoms with Crippen molar-refractivity contribution in [3.63, 3.8) is 0 Å². The maximum Gasteiger partial charge on any atom is 0.212 e. The van der Waals surface area contributed by atoms with Gasteiger partial charge in [0, 0.05) is 18.3 Å². The maximum atomic E-state index is 11.6. The monoisotopic (exact) mass is 298 g/mol. The summed E-state index contributed by atoms with van der Waals surface area (Å²) in [5, 5.41) is 0. The van der Waals surface area contributed by atoms with E-state index < -0.39 is 31.2 Å². The Morgan fingerprint density at radius 1 is 1.06 bits per heavy atom. The van der Waals surface area contributed by atoms with E-state index in [9.17, 15) is 16.8 Å². The Hall–Kier alpha value is -0.180. The van der Waals surface area contributed by atoms with Gasteiger partial charge in [-0.05, 0) is 12.8 Å². The van der Waals surface area contributed by atoms with Gasteiger partial charge in [0.25, 0.3) is 0 Å². The summed E-state index contributed by atoms with van der Waals surface area (Å²) in [6.45, 7) is 0.194. The van der Waals surface area contributed by atoms with Crippen molar-refractivity contribution in [3.05, 3.63) is 0 Å². The van der Waals surface area contributed by atoms with Gasteiger partial charge in [0.1, 0.15) is 9.84 Å². The highest BCUT2D eigenvalue weighted by atomic mass is 32.2. The van der Waals surface area contributed by atoms with Crippen LogP contribution in [0.25, 0.3) is 0 Å². The molecule has 0 spiro atoms. The molecule has 0 aromatic carbocycles. The maximum absolute atomic E-state index is 11.6. The standard InChI is InChI=1S/C10H22N2O4S2/c1-17(13,14)7-8-18(15,16)12-9-10(11)5-3-2-4-6-10/h12H,2-9,11H2,1H3. The molecule has 18 heavy (non-hydrogen) atoms. The lowest BCUT2D eigenvalue weighted by Crippen LogP contribution is -2.51. The van der Waals surface area contributed by atoms with E-state index in [2.05, 4.69) is 4.72 Å². The first-order valence-electron chi connectivity index (χ1n) is 6.06. The van der Waals surface area contributed by atoms with Gasteiger partial charge in [-0.1, -0.05) is 19.3 Å². The first kappa shape index (κ1) is 15.9. The van der Waals surface area contributed by atoms with Crippen molar-refractivity contribution >= 4 is 19.9 Å². The lowest BCUT2D eigenvalue weighted by Gasteiger charge is -2.33. The third kappa shape index (κ3) is 6.12. The van der Waals surface area contributed by atoms with Crippen LogP contribution in [-0.2, 0) is 19.9 Å². The van der Waals surface area contributed by atoms with Gasteiger partial charge in [0.05, 0.1) is 11.5 Å². The second-order valence-electron chi connectivity index (χ2n) is 5.19. The summed E-state index contributed by atoms with van der Waals surface area (Å²) >= 11 is 0. The number of sulfonamides is 1. The minimum atomic E-state index is -3.56. The summed E-state index contributed by atoms with van der Waals surface area (Å²) in [6.07, 6.45) is 5.81. The SMILES string of the molecule is CS(=O)(=O)CCS(=O)(=O)NCC1(N)CCCCC1. The topological polar surface area (TPSA) is 106 Å². The molecule has 8 heteroatoms. The van der Waals surface area contributed by atoms with Crippen LogP contribution in [-0.4, -0.2) is 46.7 Å². The van der Waals surface area contributed by atoms with E-state index >= 15 is 0 Å². The molecular weight excluding hydrogens is 276 g/mol. The summed E-state index contributed by atoms with van der Waals surface area (Å²) in [6, 6.07) is 0. The van der Waals surface area contributed by atoms with Crippen molar-refractivity contribution in [2.75, 3.05) is 24.3 Å². The highest BCUT2D eigenvalue weighted by molar-refractivity contribution is 7.93. The highest BCUT2D eigenvalue weighted by Crippen LogP contribution is 2.25. The summed E-state index contributed by atoms with van der Waals surface area (Å²) in [5.74, 6) is -0.762. The summed E-state index contributed by atoms with van der Waals surface area (Å²) in [7, 11) is -6.83. The smallest absolute Gasteiger partial charge is 0.212 e. The second-order valence-corrected chi connectivity index (χ2v) is 9.38. The Balaban J connectivity index is 2.46. The fraction of sp³-hybridized carbons (Fsp3) is 1.00. The number of nitrogens with two attached hydrogens (primary N) is 1. The van der Waals surface area contributed by atoms with E-state index in [4.69, 9.17) is 5.73 Å². The molecule has 6 nitrogen and oxygen atoms in total. The van der Waals surface area contributed by atoms with Crippen LogP contribution in [0.5, 0.6) is 0 Å². The zero-order chi connectivity index (χ0) is 13.9. The average Bonchev–Trinajstić information content (AvgIpc) is 2.25. The van der Waals surface area contributed by atoms with E-state index in [-0.39, 0.29) is 12.3 Å². The molecule has 0 unspecified atom stereocenters. The Morgan fingerprint density at radius 2 is 1.61 bits per heavy atom. The molecule has 0 amide bonds. The number of hydrogen-bond acceptors (Lipinski definition) is 5. The fourth-order valence-electron chi connectivity index (χ4n) is 2.02. The van der Waals surface area contributed by atoms with Crippen LogP contribution in [0.1, 0.15) is 32.1 Å². The Labute approximate surface area is 109 Å². The number of rotatable bonds is 6. The summed E-state index contributed by atoms with van der Waals surface area (Å²) in [5.41, 5.74) is 5.63. The van der Waals surface area contributed by atoms with Crippen LogP contribution in [0.3, 0.4) is 0 Å². The molecule has 1 saturated carbocycles. The molecule has 0 bridgehead atoms. The molecular formula is C10H22N2O4S2. The second kappa shape index (κ2) is 5.85. The third-order valence-corrected chi connectivity index (χ3v) is 5.75. The van der Waals surface area contributed by atoms with Crippen molar-refractivity contribution in [1.29, 1.82) is 0 Å². The van der Waals surface area contributed by atoms with Crippen molar-refractivity contribution < 1.29 is 16.8 Å². The Bertz CT molecular complexity index is 464. The summed E-state index contributed by atoms with van der Waals surface area (Å²) in [4.78, 5) is 0. The van der Waals surface area contributed by atoms with Crippen molar-refractivity contribution in [2.45, 2.75) is 37.6 Å². The first-order valence-corrected chi connectivity index (χ1v) is 9.77. The van der Waals surface area contributed by atoms with Gasteiger partial charge < -0.3 is 5.73 Å². The van der Waals surface area contributed by atoms with Crippen LogP contribution < -0.4 is 10.5 Å². The van der Waals surface area contributed by atoms with E-state index in [0.29, 0.717) is 0 Å². The third-order valence-electron chi connectivity index (χ3n) is 3.22. The Morgan fingerprint density at radius 3 is 2.11 bits per heavy atom. The van der Waals surface area contributed by atoms with E-state index in [0.717, 1.165) is 38.4 Å². The van der Waals surface area contributed by atoms with Gasteiger partial charge in [-0.2, -0.15) is 0 Å². The van der Waals surface area contributed by atoms with Crippen LogP contribution in [0.4, 0.5) is 0 Å². The molecule has 0 saturated heterocycles. The van der Waals surface area contributed by atoms with Gasteiger partial charge in [0.15, 0.2) is 0 Å². The van der Waals surface area contributed by atoms with E-state index in [1.807, 2.05) is 0 Å². The minimum Gasteiger partial charge on any atom is -0.324 e. The predicted octanol–water partition coefficient (Wildman–Crippen LogP) is -0.388.